The van der Waals surface area contributed by atoms with Crippen molar-refractivity contribution in [2.75, 3.05) is 11.9 Å². The molecule has 0 bridgehead atoms. The Balaban J connectivity index is 1.75. The highest BCUT2D eigenvalue weighted by atomic mass is 35.5. The molecule has 0 amide bonds. The second-order valence-electron chi connectivity index (χ2n) is 5.80. The number of carbonyl (C=O) groups excluding carboxylic acids is 1. The predicted molar refractivity (Wildman–Crippen MR) is 99.5 cm³/mol. The Morgan fingerprint density at radius 2 is 1.88 bits per heavy atom. The van der Waals surface area contributed by atoms with Gasteiger partial charge in [0.15, 0.2) is 5.78 Å². The average molecular weight is 370 g/mol. The van der Waals surface area contributed by atoms with Crippen LogP contribution in [0.4, 0.5) is 5.82 Å². The number of benzene rings is 1. The van der Waals surface area contributed by atoms with Crippen LogP contribution < -0.4 is 5.32 Å². The zero-order valence-electron chi connectivity index (χ0n) is 13.0. The van der Waals surface area contributed by atoms with Crippen LogP contribution in [0.3, 0.4) is 0 Å². The summed E-state index contributed by atoms with van der Waals surface area (Å²) in [5.74, 6) is 0.234. The molecule has 1 unspecified atom stereocenters. The average Bonchev–Trinajstić information content (AvgIpc) is 3.05. The monoisotopic (exact) mass is 369 g/mol. The predicted octanol–water partition coefficient (Wildman–Crippen LogP) is 4.84. The third kappa shape index (κ3) is 2.88. The molecule has 3 heterocycles. The molecule has 2 aromatic heterocycles. The van der Waals surface area contributed by atoms with Crippen LogP contribution in [-0.4, -0.2) is 22.3 Å². The molecule has 25 heavy (non-hydrogen) atoms. The number of aromatic nitrogens is 2. The summed E-state index contributed by atoms with van der Waals surface area (Å²) in [5, 5.41) is 3.91. The molecule has 0 spiro atoms. The van der Waals surface area contributed by atoms with Crippen LogP contribution in [0.25, 0.3) is 11.1 Å². The van der Waals surface area contributed by atoms with Gasteiger partial charge in [-0.25, -0.2) is 4.98 Å². The van der Waals surface area contributed by atoms with Crippen LogP contribution in [0, 0.1) is 0 Å². The molecule has 0 aliphatic carbocycles. The lowest BCUT2D eigenvalue weighted by molar-refractivity contribution is 0.0967. The molecule has 1 N–H and O–H groups in total. The maximum absolute atomic E-state index is 13.1. The topological polar surface area (TPSA) is 54.9 Å². The lowest BCUT2D eigenvalue weighted by Gasteiger charge is -2.12. The van der Waals surface area contributed by atoms with Crippen molar-refractivity contribution in [3.05, 3.63) is 76.2 Å². The number of fused-ring (bicyclic) bond motifs is 1. The van der Waals surface area contributed by atoms with E-state index in [0.29, 0.717) is 28.0 Å². The largest absolute Gasteiger partial charge is 0.369 e. The quantitative estimate of drug-likeness (QED) is 0.670. The van der Waals surface area contributed by atoms with E-state index in [1.54, 1.807) is 36.8 Å². The number of hydrogen-bond acceptors (Lipinski definition) is 4. The van der Waals surface area contributed by atoms with Gasteiger partial charge in [0.05, 0.1) is 21.5 Å². The third-order valence-corrected chi connectivity index (χ3v) is 4.92. The van der Waals surface area contributed by atoms with Gasteiger partial charge in [-0.05, 0) is 24.3 Å². The van der Waals surface area contributed by atoms with Crippen LogP contribution in [0.1, 0.15) is 21.8 Å². The molecule has 4 nitrogen and oxygen atoms in total. The van der Waals surface area contributed by atoms with E-state index in [1.807, 2.05) is 18.2 Å². The first-order chi connectivity index (χ1) is 12.1. The van der Waals surface area contributed by atoms with Crippen molar-refractivity contribution in [2.24, 2.45) is 0 Å². The molecule has 0 saturated carbocycles. The van der Waals surface area contributed by atoms with E-state index in [0.717, 1.165) is 16.7 Å². The molecule has 1 aromatic carbocycles. The smallest absolute Gasteiger partial charge is 0.175 e. The Bertz CT molecular complexity index is 940. The minimum absolute atomic E-state index is 0.105. The van der Waals surface area contributed by atoms with Gasteiger partial charge in [-0.1, -0.05) is 35.3 Å². The normalized spacial score (nSPS) is 15.5. The van der Waals surface area contributed by atoms with E-state index in [9.17, 15) is 4.79 Å². The summed E-state index contributed by atoms with van der Waals surface area (Å²) in [6.07, 6.45) is 5.27. The van der Waals surface area contributed by atoms with Gasteiger partial charge in [-0.2, -0.15) is 0 Å². The number of ketones is 1. The van der Waals surface area contributed by atoms with E-state index in [4.69, 9.17) is 23.2 Å². The first-order valence-electron chi connectivity index (χ1n) is 7.77. The molecule has 3 aromatic rings. The highest BCUT2D eigenvalue weighted by Crippen LogP contribution is 2.37. The summed E-state index contributed by atoms with van der Waals surface area (Å²) in [7, 11) is 0. The first-order valence-corrected chi connectivity index (χ1v) is 8.53. The molecule has 0 radical (unpaired) electrons. The van der Waals surface area contributed by atoms with Crippen molar-refractivity contribution >= 4 is 34.8 Å². The van der Waals surface area contributed by atoms with Crippen LogP contribution in [-0.2, 0) is 0 Å². The van der Waals surface area contributed by atoms with Crippen molar-refractivity contribution in [3.8, 4) is 11.1 Å². The Morgan fingerprint density at radius 1 is 1.08 bits per heavy atom. The fourth-order valence-electron chi connectivity index (χ4n) is 3.04. The summed E-state index contributed by atoms with van der Waals surface area (Å²) in [6.45, 7) is 0.471. The zero-order chi connectivity index (χ0) is 17.4. The molecule has 0 saturated heterocycles. The second kappa shape index (κ2) is 6.47. The van der Waals surface area contributed by atoms with Gasteiger partial charge < -0.3 is 5.32 Å². The van der Waals surface area contributed by atoms with Gasteiger partial charge in [-0.15, -0.1) is 0 Å². The molecular weight excluding hydrogens is 357 g/mol. The van der Waals surface area contributed by atoms with Crippen LogP contribution in [0.5, 0.6) is 0 Å². The van der Waals surface area contributed by atoms with E-state index < -0.39 is 0 Å². The summed E-state index contributed by atoms with van der Waals surface area (Å²) in [5.41, 5.74) is 3.07. The standard InChI is InChI=1S/C19H13Cl2N3O/c20-15-4-1-5-16(21)17(15)18(25)14-10-24-19-13(14)7-12(9-23-19)11-3-2-6-22-8-11/h1-9,14H,10H2,(H,23,24). The fraction of sp³-hybridized carbons (Fsp3) is 0.105. The number of anilines is 1. The number of hydrogen-bond donors (Lipinski definition) is 1. The Labute approximate surface area is 154 Å². The third-order valence-electron chi connectivity index (χ3n) is 4.29. The Morgan fingerprint density at radius 3 is 2.60 bits per heavy atom. The highest BCUT2D eigenvalue weighted by Gasteiger charge is 2.32. The van der Waals surface area contributed by atoms with Gasteiger partial charge >= 0.3 is 0 Å². The molecule has 1 aliphatic rings. The van der Waals surface area contributed by atoms with Gasteiger partial charge in [0, 0.05) is 41.8 Å². The molecule has 4 rings (SSSR count). The number of nitrogens with one attached hydrogen (secondary N) is 1. The first kappa shape index (κ1) is 16.1. The number of pyridine rings is 2. The molecule has 6 heteroatoms. The minimum Gasteiger partial charge on any atom is -0.369 e. The lowest BCUT2D eigenvalue weighted by Crippen LogP contribution is -2.15. The van der Waals surface area contributed by atoms with E-state index in [1.165, 1.54) is 0 Å². The summed E-state index contributed by atoms with van der Waals surface area (Å²) >= 11 is 12.4. The van der Waals surface area contributed by atoms with Crippen LogP contribution in [0.2, 0.25) is 10.0 Å². The van der Waals surface area contributed by atoms with E-state index in [2.05, 4.69) is 15.3 Å². The van der Waals surface area contributed by atoms with E-state index in [-0.39, 0.29) is 11.7 Å². The van der Waals surface area contributed by atoms with Crippen molar-refractivity contribution < 1.29 is 4.79 Å². The van der Waals surface area contributed by atoms with E-state index >= 15 is 0 Å². The highest BCUT2D eigenvalue weighted by molar-refractivity contribution is 6.40. The van der Waals surface area contributed by atoms with Gasteiger partial charge in [-0.3, -0.25) is 9.78 Å². The second-order valence-corrected chi connectivity index (χ2v) is 6.61. The molecule has 124 valence electrons. The minimum atomic E-state index is -0.378. The number of Topliss-reactive ketones (excluding diaryl/α,β-unsaturated/α-hetero) is 1. The maximum atomic E-state index is 13.1. The van der Waals surface area contributed by atoms with Crippen molar-refractivity contribution in [1.29, 1.82) is 0 Å². The molecular formula is C19H13Cl2N3O. The molecule has 0 fully saturated rings. The summed E-state index contributed by atoms with van der Waals surface area (Å²) < 4.78 is 0. The molecule has 1 aliphatic heterocycles. The molecule has 1 atom stereocenters. The number of carbonyl (C=O) groups is 1. The fourth-order valence-corrected chi connectivity index (χ4v) is 3.62. The van der Waals surface area contributed by atoms with Gasteiger partial charge in [0.2, 0.25) is 0 Å². The lowest BCUT2D eigenvalue weighted by atomic mass is 9.92. The van der Waals surface area contributed by atoms with Crippen LogP contribution in [0.15, 0.2) is 55.0 Å². The summed E-state index contributed by atoms with van der Waals surface area (Å²) in [4.78, 5) is 21.6. The maximum Gasteiger partial charge on any atom is 0.175 e. The number of halogens is 2. The number of nitrogens with zero attached hydrogens (tertiary/aromatic N) is 2. The number of rotatable bonds is 3. The Kier molecular flexibility index (Phi) is 4.15. The summed E-state index contributed by atoms with van der Waals surface area (Å²) in [6, 6.07) is 10.9. The zero-order valence-corrected chi connectivity index (χ0v) is 14.6. The van der Waals surface area contributed by atoms with Crippen LogP contribution >= 0.6 is 23.2 Å². The van der Waals surface area contributed by atoms with Gasteiger partial charge in [0.25, 0.3) is 0 Å². The van der Waals surface area contributed by atoms with Gasteiger partial charge in [0.1, 0.15) is 5.82 Å². The van der Waals surface area contributed by atoms with Crippen molar-refractivity contribution in [1.82, 2.24) is 9.97 Å². The van der Waals surface area contributed by atoms with Crippen molar-refractivity contribution in [2.45, 2.75) is 5.92 Å². The van der Waals surface area contributed by atoms with Crippen molar-refractivity contribution in [3.63, 3.8) is 0 Å². The Hall–Kier alpha value is -2.43. The SMILES string of the molecule is O=C(c1c(Cl)cccc1Cl)C1CNc2ncc(-c3cccnc3)cc21.